The largest absolute Gasteiger partial charge is 0.467 e. The fraction of sp³-hybridized carbons (Fsp3) is 0.375. The number of benzene rings is 2. The van der Waals surface area contributed by atoms with Gasteiger partial charge >= 0.3 is 12.1 Å². The van der Waals surface area contributed by atoms with Crippen molar-refractivity contribution >= 4 is 29.6 Å². The van der Waals surface area contributed by atoms with Crippen LogP contribution in [-0.4, -0.2) is 37.2 Å². The van der Waals surface area contributed by atoms with Crippen LogP contribution >= 0.6 is 11.6 Å². The summed E-state index contributed by atoms with van der Waals surface area (Å²) < 4.78 is 10.1. The van der Waals surface area contributed by atoms with Gasteiger partial charge in [0.1, 0.15) is 18.7 Å². The predicted molar refractivity (Wildman–Crippen MR) is 122 cm³/mol. The van der Waals surface area contributed by atoms with E-state index in [0.717, 1.165) is 5.56 Å². The molecule has 0 bridgehead atoms. The number of nitrogens with one attached hydrogen (secondary N) is 2. The first-order valence-electron chi connectivity index (χ1n) is 10.4. The summed E-state index contributed by atoms with van der Waals surface area (Å²) >= 11 is 6.20. The fourth-order valence-electron chi connectivity index (χ4n) is 3.10. The smallest absolute Gasteiger partial charge is 0.408 e. The summed E-state index contributed by atoms with van der Waals surface area (Å²) in [5.74, 6) is -0.994. The molecular formula is C24H29ClN2O5. The summed E-state index contributed by atoms with van der Waals surface area (Å²) in [6.45, 7) is 3.94. The molecule has 2 aromatic carbocycles. The van der Waals surface area contributed by atoms with Crippen LogP contribution in [0.15, 0.2) is 54.6 Å². The Morgan fingerprint density at radius 3 is 2.22 bits per heavy atom. The molecule has 0 fully saturated rings. The second-order valence-corrected chi connectivity index (χ2v) is 8.18. The lowest BCUT2D eigenvalue weighted by atomic mass is 10.0. The predicted octanol–water partition coefficient (Wildman–Crippen LogP) is 3.88. The van der Waals surface area contributed by atoms with Gasteiger partial charge in [0, 0.05) is 11.4 Å². The summed E-state index contributed by atoms with van der Waals surface area (Å²) in [5, 5.41) is 5.77. The van der Waals surface area contributed by atoms with E-state index in [9.17, 15) is 14.4 Å². The maximum absolute atomic E-state index is 13.0. The highest BCUT2D eigenvalue weighted by atomic mass is 35.5. The van der Waals surface area contributed by atoms with Gasteiger partial charge in [-0.1, -0.05) is 74.0 Å². The maximum atomic E-state index is 13.0. The zero-order chi connectivity index (χ0) is 23.5. The number of ether oxygens (including phenoxy) is 2. The average molecular weight is 461 g/mol. The third-order valence-corrected chi connectivity index (χ3v) is 5.08. The summed E-state index contributed by atoms with van der Waals surface area (Å²) in [6.07, 6.45) is -0.188. The molecule has 0 radical (unpaired) electrons. The highest BCUT2D eigenvalue weighted by Gasteiger charge is 2.29. The van der Waals surface area contributed by atoms with E-state index >= 15 is 0 Å². The second kappa shape index (κ2) is 12.7. The van der Waals surface area contributed by atoms with Gasteiger partial charge in [-0.25, -0.2) is 9.59 Å². The van der Waals surface area contributed by atoms with Crippen LogP contribution in [-0.2, 0) is 32.1 Å². The Kier molecular flexibility index (Phi) is 10.0. The molecule has 172 valence electrons. The molecule has 0 heterocycles. The van der Waals surface area contributed by atoms with Gasteiger partial charge in [-0.3, -0.25) is 4.79 Å². The molecule has 8 heteroatoms. The Morgan fingerprint density at radius 2 is 1.59 bits per heavy atom. The van der Waals surface area contributed by atoms with E-state index in [2.05, 4.69) is 10.6 Å². The van der Waals surface area contributed by atoms with Crippen LogP contribution < -0.4 is 10.6 Å². The molecule has 2 N–H and O–H groups in total. The van der Waals surface area contributed by atoms with E-state index in [1.54, 1.807) is 24.3 Å². The maximum Gasteiger partial charge on any atom is 0.408 e. The molecule has 0 aliphatic rings. The molecule has 2 atom stereocenters. The number of carbonyl (C=O) groups is 3. The van der Waals surface area contributed by atoms with E-state index < -0.39 is 30.1 Å². The average Bonchev–Trinajstić information content (AvgIpc) is 2.78. The lowest BCUT2D eigenvalue weighted by Crippen LogP contribution is -2.53. The minimum atomic E-state index is -0.954. The van der Waals surface area contributed by atoms with Crippen LogP contribution in [0.4, 0.5) is 4.79 Å². The molecule has 2 aromatic rings. The molecule has 0 spiro atoms. The molecular weight excluding hydrogens is 432 g/mol. The number of hydrogen-bond donors (Lipinski definition) is 2. The van der Waals surface area contributed by atoms with Gasteiger partial charge in [0.15, 0.2) is 0 Å². The summed E-state index contributed by atoms with van der Waals surface area (Å²) in [6, 6.07) is 14.4. The number of rotatable bonds is 10. The summed E-state index contributed by atoms with van der Waals surface area (Å²) in [4.78, 5) is 37.6. The minimum Gasteiger partial charge on any atom is -0.467 e. The third kappa shape index (κ3) is 8.23. The number of methoxy groups -OCH3 is 1. The molecule has 0 saturated heterocycles. The van der Waals surface area contributed by atoms with Crippen molar-refractivity contribution < 1.29 is 23.9 Å². The normalized spacial score (nSPS) is 12.5. The zero-order valence-corrected chi connectivity index (χ0v) is 19.2. The van der Waals surface area contributed by atoms with E-state index in [4.69, 9.17) is 21.1 Å². The van der Waals surface area contributed by atoms with Crippen LogP contribution in [0.1, 0.15) is 31.4 Å². The molecule has 7 nitrogen and oxygen atoms in total. The molecule has 2 rings (SSSR count). The van der Waals surface area contributed by atoms with E-state index in [-0.39, 0.29) is 18.9 Å². The molecule has 0 aromatic heterocycles. The van der Waals surface area contributed by atoms with E-state index in [0.29, 0.717) is 17.0 Å². The van der Waals surface area contributed by atoms with Gasteiger partial charge in [0.25, 0.3) is 0 Å². The number of alkyl carbamates (subject to hydrolysis) is 1. The number of amides is 2. The monoisotopic (exact) mass is 460 g/mol. The first-order valence-corrected chi connectivity index (χ1v) is 10.8. The van der Waals surface area contributed by atoms with Crippen molar-refractivity contribution in [2.24, 2.45) is 5.92 Å². The van der Waals surface area contributed by atoms with Gasteiger partial charge in [0.2, 0.25) is 5.91 Å². The quantitative estimate of drug-likeness (QED) is 0.525. The standard InChI is InChI=1S/C24H29ClN2O5/c1-16(2)13-20(27-24(30)32-15-17-9-5-4-6-10-17)22(28)26-21(23(29)31-3)14-18-11-7-8-12-19(18)25/h4-12,16,20-21H,13-15H2,1-3H3,(H,26,28)(H,27,30)/t20-,21-/m0/s1. The number of carbonyl (C=O) groups excluding carboxylic acids is 3. The Hall–Kier alpha value is -3.06. The zero-order valence-electron chi connectivity index (χ0n) is 18.5. The van der Waals surface area contributed by atoms with Crippen molar-refractivity contribution in [3.63, 3.8) is 0 Å². The third-order valence-electron chi connectivity index (χ3n) is 4.71. The number of esters is 1. The van der Waals surface area contributed by atoms with Crippen molar-refractivity contribution in [2.45, 2.75) is 45.4 Å². The molecule has 0 unspecified atom stereocenters. The number of hydrogen-bond acceptors (Lipinski definition) is 5. The van der Waals surface area contributed by atoms with Crippen molar-refractivity contribution in [3.8, 4) is 0 Å². The van der Waals surface area contributed by atoms with Crippen molar-refractivity contribution in [1.82, 2.24) is 10.6 Å². The van der Waals surface area contributed by atoms with Crippen molar-refractivity contribution in [2.75, 3.05) is 7.11 Å². The molecule has 0 aliphatic carbocycles. The van der Waals surface area contributed by atoms with Crippen LogP contribution in [0, 0.1) is 5.92 Å². The van der Waals surface area contributed by atoms with E-state index in [1.165, 1.54) is 7.11 Å². The Bertz CT molecular complexity index is 904. The topological polar surface area (TPSA) is 93.7 Å². The molecule has 0 saturated carbocycles. The highest BCUT2D eigenvalue weighted by Crippen LogP contribution is 2.17. The van der Waals surface area contributed by atoms with E-state index in [1.807, 2.05) is 44.2 Å². The highest BCUT2D eigenvalue weighted by molar-refractivity contribution is 6.31. The summed E-state index contributed by atoms with van der Waals surface area (Å²) in [7, 11) is 1.25. The van der Waals surface area contributed by atoms with Crippen LogP contribution in [0.25, 0.3) is 0 Å². The van der Waals surface area contributed by atoms with Gasteiger partial charge in [-0.15, -0.1) is 0 Å². The Balaban J connectivity index is 2.05. The lowest BCUT2D eigenvalue weighted by Gasteiger charge is -2.23. The summed E-state index contributed by atoms with van der Waals surface area (Å²) in [5.41, 5.74) is 1.53. The van der Waals surface area contributed by atoms with Crippen LogP contribution in [0.3, 0.4) is 0 Å². The van der Waals surface area contributed by atoms with Gasteiger partial charge < -0.3 is 20.1 Å². The minimum absolute atomic E-state index is 0.0833. The van der Waals surface area contributed by atoms with Crippen molar-refractivity contribution in [1.29, 1.82) is 0 Å². The molecule has 2 amide bonds. The fourth-order valence-corrected chi connectivity index (χ4v) is 3.31. The molecule has 32 heavy (non-hydrogen) atoms. The lowest BCUT2D eigenvalue weighted by molar-refractivity contribution is -0.145. The van der Waals surface area contributed by atoms with Gasteiger partial charge in [0.05, 0.1) is 7.11 Å². The first kappa shape index (κ1) is 25.2. The van der Waals surface area contributed by atoms with Crippen LogP contribution in [0.2, 0.25) is 5.02 Å². The van der Waals surface area contributed by atoms with Gasteiger partial charge in [-0.05, 0) is 29.5 Å². The van der Waals surface area contributed by atoms with Crippen LogP contribution in [0.5, 0.6) is 0 Å². The van der Waals surface area contributed by atoms with Crippen molar-refractivity contribution in [3.05, 3.63) is 70.7 Å². The number of halogens is 1. The Labute approximate surface area is 193 Å². The van der Waals surface area contributed by atoms with Gasteiger partial charge in [-0.2, -0.15) is 0 Å². The first-order chi connectivity index (χ1) is 15.3. The SMILES string of the molecule is COC(=O)[C@H](Cc1ccccc1Cl)NC(=O)[C@H](CC(C)C)NC(=O)OCc1ccccc1. The Morgan fingerprint density at radius 1 is 0.938 bits per heavy atom. The molecule has 0 aliphatic heterocycles. The second-order valence-electron chi connectivity index (χ2n) is 7.77.